The van der Waals surface area contributed by atoms with Crippen molar-refractivity contribution in [1.82, 2.24) is 0 Å². The Morgan fingerprint density at radius 2 is 1.83 bits per heavy atom. The summed E-state index contributed by atoms with van der Waals surface area (Å²) in [7, 11) is 3.24. The molecule has 1 atom stereocenters. The van der Waals surface area contributed by atoms with Crippen LogP contribution in [0.3, 0.4) is 0 Å². The Balaban J connectivity index is 2.72. The van der Waals surface area contributed by atoms with E-state index in [9.17, 15) is 5.11 Å². The molecule has 0 spiro atoms. The molecule has 18 heavy (non-hydrogen) atoms. The summed E-state index contributed by atoms with van der Waals surface area (Å²) in [5.74, 6) is 2.13. The maximum absolute atomic E-state index is 10.2. The maximum Gasteiger partial charge on any atom is 0.124 e. The third kappa shape index (κ3) is 4.22. The van der Waals surface area contributed by atoms with Crippen LogP contribution < -0.4 is 9.47 Å². The number of aliphatic hydroxyl groups is 1. The Morgan fingerprint density at radius 1 is 1.11 bits per heavy atom. The molecule has 1 N–H and O–H groups in total. The summed E-state index contributed by atoms with van der Waals surface area (Å²) in [4.78, 5) is 0. The minimum atomic E-state index is -0.492. The minimum Gasteiger partial charge on any atom is -0.497 e. The van der Waals surface area contributed by atoms with E-state index in [2.05, 4.69) is 13.8 Å². The first-order chi connectivity index (χ1) is 8.58. The zero-order valence-electron chi connectivity index (χ0n) is 11.8. The number of ether oxygens (including phenoxy) is 2. The zero-order valence-corrected chi connectivity index (χ0v) is 11.8. The molecular formula is C15H24O3. The molecule has 3 nitrogen and oxygen atoms in total. The van der Waals surface area contributed by atoms with Gasteiger partial charge in [-0.25, -0.2) is 0 Å². The molecule has 1 aromatic carbocycles. The van der Waals surface area contributed by atoms with E-state index < -0.39 is 6.10 Å². The van der Waals surface area contributed by atoms with Crippen molar-refractivity contribution >= 4 is 0 Å². The molecular weight excluding hydrogens is 228 g/mol. The van der Waals surface area contributed by atoms with Gasteiger partial charge in [-0.15, -0.1) is 0 Å². The van der Waals surface area contributed by atoms with Gasteiger partial charge in [0.2, 0.25) is 0 Å². The quantitative estimate of drug-likeness (QED) is 0.806. The molecule has 0 heterocycles. The fourth-order valence-corrected chi connectivity index (χ4v) is 1.97. The Bertz CT molecular complexity index is 361. The topological polar surface area (TPSA) is 38.7 Å². The Morgan fingerprint density at radius 3 is 2.39 bits per heavy atom. The number of rotatable bonds is 7. The summed E-state index contributed by atoms with van der Waals surface area (Å²) in [5.41, 5.74) is 0.806. The first kappa shape index (κ1) is 14.8. The Labute approximate surface area is 110 Å². The van der Waals surface area contributed by atoms with Crippen molar-refractivity contribution in [2.24, 2.45) is 5.92 Å². The molecule has 1 unspecified atom stereocenters. The van der Waals surface area contributed by atoms with Crippen molar-refractivity contribution in [3.63, 3.8) is 0 Å². The van der Waals surface area contributed by atoms with Gasteiger partial charge in [-0.05, 0) is 30.5 Å². The molecule has 0 aliphatic carbocycles. The van der Waals surface area contributed by atoms with Gasteiger partial charge in [-0.1, -0.05) is 26.7 Å². The van der Waals surface area contributed by atoms with Gasteiger partial charge in [-0.2, -0.15) is 0 Å². The molecule has 0 radical (unpaired) electrons. The first-order valence-electron chi connectivity index (χ1n) is 6.48. The molecule has 0 saturated carbocycles. The summed E-state index contributed by atoms with van der Waals surface area (Å²) in [6.45, 7) is 4.39. The number of aliphatic hydroxyl groups excluding tert-OH is 1. The average Bonchev–Trinajstić information content (AvgIpc) is 2.37. The zero-order chi connectivity index (χ0) is 13.5. The van der Waals surface area contributed by atoms with Crippen LogP contribution in [0.25, 0.3) is 0 Å². The van der Waals surface area contributed by atoms with Gasteiger partial charge < -0.3 is 14.6 Å². The predicted molar refractivity (Wildman–Crippen MR) is 73.2 cm³/mol. The fourth-order valence-electron chi connectivity index (χ4n) is 1.97. The smallest absolute Gasteiger partial charge is 0.124 e. The molecule has 0 saturated heterocycles. The summed E-state index contributed by atoms with van der Waals surface area (Å²) < 4.78 is 10.5. The van der Waals surface area contributed by atoms with E-state index in [0.29, 0.717) is 11.7 Å². The molecule has 3 heteroatoms. The predicted octanol–water partition coefficient (Wildman–Crippen LogP) is 3.56. The first-order valence-corrected chi connectivity index (χ1v) is 6.48. The summed E-state index contributed by atoms with van der Waals surface area (Å²) >= 11 is 0. The highest BCUT2D eigenvalue weighted by Crippen LogP contribution is 2.32. The van der Waals surface area contributed by atoms with E-state index in [-0.39, 0.29) is 0 Å². The van der Waals surface area contributed by atoms with Crippen molar-refractivity contribution in [3.05, 3.63) is 23.8 Å². The number of methoxy groups -OCH3 is 2. The average molecular weight is 252 g/mol. The van der Waals surface area contributed by atoms with E-state index in [1.807, 2.05) is 18.2 Å². The van der Waals surface area contributed by atoms with Crippen LogP contribution in [0.5, 0.6) is 11.5 Å². The van der Waals surface area contributed by atoms with E-state index in [0.717, 1.165) is 30.6 Å². The van der Waals surface area contributed by atoms with Crippen LogP contribution in [0.15, 0.2) is 18.2 Å². The summed E-state index contributed by atoms with van der Waals surface area (Å²) in [6.07, 6.45) is 2.40. The summed E-state index contributed by atoms with van der Waals surface area (Å²) in [6, 6.07) is 5.52. The maximum atomic E-state index is 10.2. The fraction of sp³-hybridized carbons (Fsp3) is 0.600. The largest absolute Gasteiger partial charge is 0.497 e. The molecule has 1 aromatic rings. The minimum absolute atomic E-state index is 0.492. The molecule has 0 amide bonds. The molecule has 102 valence electrons. The van der Waals surface area contributed by atoms with E-state index in [1.54, 1.807) is 14.2 Å². The van der Waals surface area contributed by atoms with Gasteiger partial charge in [0, 0.05) is 5.56 Å². The Hall–Kier alpha value is -1.22. The van der Waals surface area contributed by atoms with Crippen molar-refractivity contribution in [2.45, 2.75) is 39.2 Å². The van der Waals surface area contributed by atoms with Gasteiger partial charge >= 0.3 is 0 Å². The van der Waals surface area contributed by atoms with Crippen LogP contribution in [-0.4, -0.2) is 19.3 Å². The second-order valence-corrected chi connectivity index (χ2v) is 4.95. The second-order valence-electron chi connectivity index (χ2n) is 4.95. The molecule has 0 fully saturated rings. The van der Waals surface area contributed by atoms with Crippen LogP contribution in [0.1, 0.15) is 44.8 Å². The highest BCUT2D eigenvalue weighted by Gasteiger charge is 2.14. The van der Waals surface area contributed by atoms with E-state index in [4.69, 9.17) is 9.47 Å². The third-order valence-electron chi connectivity index (χ3n) is 3.05. The summed E-state index contributed by atoms with van der Waals surface area (Å²) in [5, 5.41) is 10.2. The van der Waals surface area contributed by atoms with Crippen LogP contribution in [-0.2, 0) is 0 Å². The molecule has 1 rings (SSSR count). The van der Waals surface area contributed by atoms with Gasteiger partial charge in [0.1, 0.15) is 11.5 Å². The van der Waals surface area contributed by atoms with Gasteiger partial charge in [0.25, 0.3) is 0 Å². The van der Waals surface area contributed by atoms with Crippen LogP contribution in [0.2, 0.25) is 0 Å². The van der Waals surface area contributed by atoms with Gasteiger partial charge in [0.05, 0.1) is 20.3 Å². The number of hydrogen-bond donors (Lipinski definition) is 1. The van der Waals surface area contributed by atoms with Crippen molar-refractivity contribution < 1.29 is 14.6 Å². The molecule has 0 aliphatic heterocycles. The lowest BCUT2D eigenvalue weighted by atomic mass is 9.99. The highest BCUT2D eigenvalue weighted by molar-refractivity contribution is 5.41. The van der Waals surface area contributed by atoms with Crippen LogP contribution in [0, 0.1) is 5.92 Å². The van der Waals surface area contributed by atoms with Gasteiger partial charge in [0.15, 0.2) is 0 Å². The molecule has 0 aromatic heterocycles. The lowest BCUT2D eigenvalue weighted by Gasteiger charge is -2.16. The molecule has 0 aliphatic rings. The van der Waals surface area contributed by atoms with Crippen LogP contribution >= 0.6 is 0 Å². The second kappa shape index (κ2) is 7.27. The van der Waals surface area contributed by atoms with E-state index in [1.165, 1.54) is 0 Å². The van der Waals surface area contributed by atoms with E-state index >= 15 is 0 Å². The lowest BCUT2D eigenvalue weighted by molar-refractivity contribution is 0.157. The van der Waals surface area contributed by atoms with Crippen LogP contribution in [0.4, 0.5) is 0 Å². The highest BCUT2D eigenvalue weighted by atomic mass is 16.5. The number of benzene rings is 1. The normalized spacial score (nSPS) is 12.6. The third-order valence-corrected chi connectivity index (χ3v) is 3.05. The SMILES string of the molecule is COc1ccc(OC)c(C(O)CCCC(C)C)c1. The Kier molecular flexibility index (Phi) is 5.99. The number of hydrogen-bond acceptors (Lipinski definition) is 3. The van der Waals surface area contributed by atoms with Crippen molar-refractivity contribution in [1.29, 1.82) is 0 Å². The monoisotopic (exact) mass is 252 g/mol. The van der Waals surface area contributed by atoms with Gasteiger partial charge in [-0.3, -0.25) is 0 Å². The standard InChI is InChI=1S/C15H24O3/c1-11(2)6-5-7-14(16)13-10-12(17-3)8-9-15(13)18-4/h8-11,14,16H,5-7H2,1-4H3. The van der Waals surface area contributed by atoms with Crippen molar-refractivity contribution in [2.75, 3.05) is 14.2 Å². The van der Waals surface area contributed by atoms with Crippen molar-refractivity contribution in [3.8, 4) is 11.5 Å². The lowest BCUT2D eigenvalue weighted by Crippen LogP contribution is -2.02. The molecule has 0 bridgehead atoms.